The van der Waals surface area contributed by atoms with Gasteiger partial charge in [0.1, 0.15) is 29.3 Å². The predicted molar refractivity (Wildman–Crippen MR) is 195 cm³/mol. The minimum atomic E-state index is -1.06. The molecule has 3 heterocycles. The number of hydrogen-bond donors (Lipinski definition) is 5. The average Bonchev–Trinajstić information content (AvgIpc) is 3.78. The van der Waals surface area contributed by atoms with Crippen molar-refractivity contribution in [3.8, 4) is 23.0 Å². The van der Waals surface area contributed by atoms with Crippen LogP contribution in [0.15, 0.2) is 40.9 Å². The Kier molecular flexibility index (Phi) is 13.6. The first kappa shape index (κ1) is 40.7. The van der Waals surface area contributed by atoms with Crippen molar-refractivity contribution in [2.45, 2.75) is 104 Å². The molecule has 0 saturated carbocycles. The highest BCUT2D eigenvalue weighted by molar-refractivity contribution is 6.30. The van der Waals surface area contributed by atoms with Crippen LogP contribution in [0.3, 0.4) is 0 Å². The number of likely N-dealkylation sites (tertiary alicyclic amines) is 1. The molecule has 1 aromatic carbocycles. The van der Waals surface area contributed by atoms with Crippen molar-refractivity contribution in [3.63, 3.8) is 0 Å². The van der Waals surface area contributed by atoms with E-state index in [0.717, 1.165) is 6.07 Å². The number of phenols is 2. The Balaban J connectivity index is 1.32. The Hall–Kier alpha value is -5.05. The Morgan fingerprint density at radius 2 is 1.64 bits per heavy atom. The lowest BCUT2D eigenvalue weighted by Gasteiger charge is -2.31. The number of Topliss-reactive ketones (excluding diaryl/α,β-unsaturated/α-hetero) is 1. The highest BCUT2D eigenvalue weighted by Crippen LogP contribution is 2.28. The van der Waals surface area contributed by atoms with Gasteiger partial charge in [-0.15, -0.1) is 10.2 Å². The smallest absolute Gasteiger partial charge is 0.286 e. The molecule has 2 aromatic heterocycles. The van der Waals surface area contributed by atoms with Crippen LogP contribution in [0.4, 0.5) is 0 Å². The maximum Gasteiger partial charge on any atom is 0.286 e. The molecular formula is C37H48ClN7O8. The van der Waals surface area contributed by atoms with E-state index in [2.05, 4.69) is 31.1 Å². The Bertz CT molecular complexity index is 1790. The summed E-state index contributed by atoms with van der Waals surface area (Å²) in [6, 6.07) is 4.00. The van der Waals surface area contributed by atoms with Gasteiger partial charge in [0.25, 0.3) is 11.8 Å². The number of nitrogens with one attached hydrogen (secondary N) is 3. The van der Waals surface area contributed by atoms with Crippen molar-refractivity contribution in [2.24, 2.45) is 11.8 Å². The van der Waals surface area contributed by atoms with Crippen molar-refractivity contribution >= 4 is 41.0 Å². The van der Waals surface area contributed by atoms with Gasteiger partial charge in [-0.1, -0.05) is 45.7 Å². The van der Waals surface area contributed by atoms with Crippen LogP contribution >= 0.6 is 11.6 Å². The molecule has 3 atom stereocenters. The lowest BCUT2D eigenvalue weighted by molar-refractivity contribution is -0.142. The van der Waals surface area contributed by atoms with Crippen molar-refractivity contribution in [1.82, 2.24) is 36.0 Å². The molecular weight excluding hydrogens is 706 g/mol. The average molecular weight is 754 g/mol. The maximum absolute atomic E-state index is 13.8. The molecule has 0 unspecified atom stereocenters. The van der Waals surface area contributed by atoms with E-state index >= 15 is 0 Å². The summed E-state index contributed by atoms with van der Waals surface area (Å²) >= 11 is 5.98. The van der Waals surface area contributed by atoms with Gasteiger partial charge >= 0.3 is 0 Å². The lowest BCUT2D eigenvalue weighted by atomic mass is 9.96. The number of hydrogen-bond acceptors (Lipinski definition) is 11. The molecule has 1 aliphatic rings. The van der Waals surface area contributed by atoms with E-state index in [-0.39, 0.29) is 70.5 Å². The highest BCUT2D eigenvalue weighted by Gasteiger charge is 2.40. The summed E-state index contributed by atoms with van der Waals surface area (Å²) in [6.07, 6.45) is 4.33. The first-order valence-corrected chi connectivity index (χ1v) is 18.1. The minimum absolute atomic E-state index is 0.109. The first-order chi connectivity index (χ1) is 25.0. The van der Waals surface area contributed by atoms with Gasteiger partial charge in [0.05, 0.1) is 6.04 Å². The fraction of sp³-hybridized carbons (Fsp3) is 0.514. The van der Waals surface area contributed by atoms with Crippen LogP contribution in [-0.4, -0.2) is 89.9 Å². The number of carbonyl (C=O) groups excluding carboxylic acids is 5. The zero-order valence-electron chi connectivity index (χ0n) is 30.8. The zero-order chi connectivity index (χ0) is 39.0. The number of unbranched alkanes of at least 4 members (excludes halogenated alkanes) is 1. The molecule has 1 aliphatic heterocycles. The van der Waals surface area contributed by atoms with Gasteiger partial charge in [0.2, 0.25) is 29.4 Å². The molecule has 0 aliphatic carbocycles. The SMILES string of the molecule is CC(C)[C@H](NC(=O)[C@H]1CCCN1C(=O)[C@@H](NC(=O)CCCCC(C)(C)NC(=O)c1cc(Cl)ccn1)C(C)C)C(=O)c1nnc(-c2cc(O)cc(O)c2)o1. The largest absolute Gasteiger partial charge is 0.508 e. The summed E-state index contributed by atoms with van der Waals surface area (Å²) in [5, 5.41) is 36.3. The maximum atomic E-state index is 13.8. The summed E-state index contributed by atoms with van der Waals surface area (Å²) in [7, 11) is 0. The Morgan fingerprint density at radius 3 is 2.28 bits per heavy atom. The molecule has 1 saturated heterocycles. The van der Waals surface area contributed by atoms with E-state index in [0.29, 0.717) is 43.7 Å². The lowest BCUT2D eigenvalue weighted by Crippen LogP contribution is -2.57. The molecule has 0 spiro atoms. The Morgan fingerprint density at radius 1 is 0.962 bits per heavy atom. The van der Waals surface area contributed by atoms with Crippen LogP contribution in [0.1, 0.15) is 101 Å². The third-order valence-electron chi connectivity index (χ3n) is 8.98. The number of aromatic hydroxyl groups is 2. The molecule has 0 radical (unpaired) electrons. The summed E-state index contributed by atoms with van der Waals surface area (Å²) in [6.45, 7) is 11.2. The molecule has 286 valence electrons. The van der Waals surface area contributed by atoms with Crippen LogP contribution in [0.5, 0.6) is 11.5 Å². The van der Waals surface area contributed by atoms with Crippen LogP contribution in [0, 0.1) is 11.8 Å². The van der Waals surface area contributed by atoms with Gasteiger partial charge in [0, 0.05) is 41.4 Å². The molecule has 15 nitrogen and oxygen atoms in total. The monoisotopic (exact) mass is 753 g/mol. The number of phenolic OH excluding ortho intramolecular Hbond substituents is 2. The topological polar surface area (TPSA) is 217 Å². The van der Waals surface area contributed by atoms with Gasteiger partial charge in [-0.3, -0.25) is 29.0 Å². The van der Waals surface area contributed by atoms with Gasteiger partial charge in [-0.05, 0) is 75.6 Å². The van der Waals surface area contributed by atoms with Crippen molar-refractivity contribution < 1.29 is 38.6 Å². The predicted octanol–water partition coefficient (Wildman–Crippen LogP) is 4.42. The van der Waals surface area contributed by atoms with E-state index in [1.54, 1.807) is 19.9 Å². The standard InChI is InChI=1S/C37H48ClN7O8/c1-20(2)29(31(49)35-44-43-34(53-35)22-16-24(46)19-25(47)17-22)41-33(51)27-10-9-15-45(27)36(52)30(21(3)4)40-28(48)11-7-8-13-37(5,6)42-32(50)26-18-23(38)12-14-39-26/h12,14,16-21,27,29-30,46-47H,7-11,13,15H2,1-6H3,(H,40,48)(H,41,51)(H,42,50)/t27-,29+,30+/m1/s1. The highest BCUT2D eigenvalue weighted by atomic mass is 35.5. The molecule has 53 heavy (non-hydrogen) atoms. The summed E-state index contributed by atoms with van der Waals surface area (Å²) in [4.78, 5) is 72.1. The van der Waals surface area contributed by atoms with E-state index < -0.39 is 35.4 Å². The number of carbonyl (C=O) groups is 5. The van der Waals surface area contributed by atoms with Crippen LogP contribution in [0.25, 0.3) is 11.5 Å². The second kappa shape index (κ2) is 17.6. The fourth-order valence-corrected chi connectivity index (χ4v) is 6.29. The minimum Gasteiger partial charge on any atom is -0.508 e. The number of ketones is 1. The van der Waals surface area contributed by atoms with Crippen LogP contribution in [0.2, 0.25) is 5.02 Å². The van der Waals surface area contributed by atoms with Crippen molar-refractivity contribution in [2.75, 3.05) is 6.54 Å². The quantitative estimate of drug-likeness (QED) is 0.102. The normalized spacial score (nSPS) is 15.6. The number of halogens is 1. The van der Waals surface area contributed by atoms with Gasteiger partial charge in [-0.2, -0.15) is 0 Å². The van der Waals surface area contributed by atoms with E-state index in [1.807, 2.05) is 27.7 Å². The van der Waals surface area contributed by atoms with Crippen LogP contribution < -0.4 is 16.0 Å². The van der Waals surface area contributed by atoms with Crippen LogP contribution in [-0.2, 0) is 14.4 Å². The first-order valence-electron chi connectivity index (χ1n) is 17.7. The third-order valence-corrected chi connectivity index (χ3v) is 9.22. The van der Waals surface area contributed by atoms with Gasteiger partial charge < -0.3 is 35.5 Å². The molecule has 4 amide bonds. The van der Waals surface area contributed by atoms with E-state index in [9.17, 15) is 34.2 Å². The number of benzene rings is 1. The zero-order valence-corrected chi connectivity index (χ0v) is 31.6. The fourth-order valence-electron chi connectivity index (χ4n) is 6.13. The number of aromatic nitrogens is 3. The van der Waals surface area contributed by atoms with E-state index in [4.69, 9.17) is 16.0 Å². The van der Waals surface area contributed by atoms with E-state index in [1.165, 1.54) is 29.3 Å². The number of pyridine rings is 1. The van der Waals surface area contributed by atoms with Gasteiger partial charge in [-0.25, -0.2) is 0 Å². The molecule has 4 rings (SSSR count). The number of nitrogens with zero attached hydrogens (tertiary/aromatic N) is 4. The number of amides is 4. The number of rotatable bonds is 16. The Labute approximate surface area is 313 Å². The third kappa shape index (κ3) is 11.0. The molecule has 0 bridgehead atoms. The second-order valence-corrected chi connectivity index (χ2v) is 15.1. The van der Waals surface area contributed by atoms with Crippen molar-refractivity contribution in [1.29, 1.82) is 0 Å². The summed E-state index contributed by atoms with van der Waals surface area (Å²) in [5.74, 6) is -3.78. The van der Waals surface area contributed by atoms with Crippen molar-refractivity contribution in [3.05, 3.63) is 53.1 Å². The van der Waals surface area contributed by atoms with Gasteiger partial charge in [0.15, 0.2) is 0 Å². The second-order valence-electron chi connectivity index (χ2n) is 14.6. The molecule has 16 heteroatoms. The summed E-state index contributed by atoms with van der Waals surface area (Å²) in [5.41, 5.74) is -0.151. The summed E-state index contributed by atoms with van der Waals surface area (Å²) < 4.78 is 5.55. The molecule has 1 fully saturated rings. The molecule has 5 N–H and O–H groups in total. The molecule has 3 aromatic rings.